The van der Waals surface area contributed by atoms with Gasteiger partial charge in [-0.15, -0.1) is 0 Å². The Bertz CT molecular complexity index is 2300. The number of carbonyl (C=O) groups excluding carboxylic acids is 1. The molecule has 0 atom stereocenters. The summed E-state index contributed by atoms with van der Waals surface area (Å²) in [5, 5.41) is 0.966. The zero-order chi connectivity index (χ0) is 34.2. The minimum absolute atomic E-state index is 0.388. The average molecular weight is 656 g/mol. The minimum atomic E-state index is -0.388. The lowest BCUT2D eigenvalue weighted by molar-refractivity contribution is 0.0600. The quantitative estimate of drug-likeness (QED) is 0.158. The van der Waals surface area contributed by atoms with Crippen molar-refractivity contribution in [3.63, 3.8) is 0 Å². The number of rotatable bonds is 7. The summed E-state index contributed by atoms with van der Waals surface area (Å²) < 4.78 is 16.3. The zero-order valence-corrected chi connectivity index (χ0v) is 27.8. The average Bonchev–Trinajstić information content (AvgIpc) is 3.19. The molecule has 7 nitrogen and oxygen atoms in total. The van der Waals surface area contributed by atoms with E-state index in [1.165, 1.54) is 7.11 Å². The van der Waals surface area contributed by atoms with Crippen molar-refractivity contribution < 1.29 is 19.0 Å². The summed E-state index contributed by atoms with van der Waals surface area (Å²) in [6.45, 7) is 0. The Morgan fingerprint density at radius 3 is 1.68 bits per heavy atom. The van der Waals surface area contributed by atoms with Gasteiger partial charge < -0.3 is 24.0 Å². The molecule has 1 aromatic heterocycles. The topological polar surface area (TPSA) is 64.1 Å². The fraction of sp³-hybridized carbons (Fsp3) is 0.0698. The van der Waals surface area contributed by atoms with Gasteiger partial charge in [-0.25, -0.2) is 9.78 Å². The van der Waals surface area contributed by atoms with Crippen molar-refractivity contribution in [3.8, 4) is 33.9 Å². The van der Waals surface area contributed by atoms with Crippen LogP contribution in [0.15, 0.2) is 146 Å². The van der Waals surface area contributed by atoms with Crippen LogP contribution in [0.3, 0.4) is 0 Å². The van der Waals surface area contributed by atoms with Crippen molar-refractivity contribution >= 4 is 51.0 Å². The molecule has 0 unspecified atom stereocenters. The first-order valence-electron chi connectivity index (χ1n) is 16.3. The SMILES string of the molecule is COC(=O)c1ccc(-c2cc(-c3cc(OC)cc(OC)c3)c3cccc(N4c5ccccc5N(c5ccccc5)c5ccccc54)c3n2)cc1. The summed E-state index contributed by atoms with van der Waals surface area (Å²) in [4.78, 5) is 22.2. The van der Waals surface area contributed by atoms with Gasteiger partial charge in [0.1, 0.15) is 11.5 Å². The Labute approximate surface area is 290 Å². The molecule has 0 saturated heterocycles. The third-order valence-electron chi connectivity index (χ3n) is 9.06. The third kappa shape index (κ3) is 5.25. The molecule has 0 fully saturated rings. The maximum absolute atomic E-state index is 12.3. The number of para-hydroxylation sites is 6. The second-order valence-electron chi connectivity index (χ2n) is 11.9. The molecule has 0 N–H and O–H groups in total. The summed E-state index contributed by atoms with van der Waals surface area (Å²) >= 11 is 0. The van der Waals surface area contributed by atoms with Crippen molar-refractivity contribution in [2.24, 2.45) is 0 Å². The standard InChI is InChI=1S/C43H33N3O4/c1-48-32-24-30(25-33(26-32)49-2)35-27-36(28-20-22-29(23-21-28)43(47)50-3)44-42-34(35)14-11-19-41(42)46-39-17-9-7-15-37(39)45(31-12-5-4-6-13-31)38-16-8-10-18-40(38)46/h4-27H,1-3H3. The fourth-order valence-electron chi connectivity index (χ4n) is 6.72. The van der Waals surface area contributed by atoms with Gasteiger partial charge in [-0.3, -0.25) is 0 Å². The van der Waals surface area contributed by atoms with Crippen molar-refractivity contribution in [2.45, 2.75) is 0 Å². The fourth-order valence-corrected chi connectivity index (χ4v) is 6.72. The van der Waals surface area contributed by atoms with E-state index in [9.17, 15) is 4.79 Å². The van der Waals surface area contributed by atoms with E-state index >= 15 is 0 Å². The Morgan fingerprint density at radius 2 is 1.10 bits per heavy atom. The van der Waals surface area contributed by atoms with E-state index in [-0.39, 0.29) is 5.97 Å². The predicted octanol–water partition coefficient (Wildman–Crippen LogP) is 10.6. The molecular formula is C43H33N3O4. The Kier molecular flexibility index (Phi) is 7.85. The number of pyridine rings is 1. The second kappa shape index (κ2) is 12.8. The summed E-state index contributed by atoms with van der Waals surface area (Å²) in [5.74, 6) is 0.982. The maximum atomic E-state index is 12.3. The summed E-state index contributed by atoms with van der Waals surface area (Å²) in [6, 6.07) is 49.0. The van der Waals surface area contributed by atoms with Crippen molar-refractivity contribution in [1.82, 2.24) is 4.98 Å². The number of anilines is 6. The normalized spacial score (nSPS) is 11.9. The van der Waals surface area contributed by atoms with Crippen molar-refractivity contribution in [1.29, 1.82) is 0 Å². The van der Waals surface area contributed by atoms with Crippen molar-refractivity contribution in [2.75, 3.05) is 31.1 Å². The molecular weight excluding hydrogens is 622 g/mol. The molecule has 0 radical (unpaired) electrons. The van der Waals surface area contributed by atoms with E-state index in [1.54, 1.807) is 26.4 Å². The van der Waals surface area contributed by atoms with Crippen LogP contribution >= 0.6 is 0 Å². The number of nitrogens with zero attached hydrogens (tertiary/aromatic N) is 3. The molecule has 50 heavy (non-hydrogen) atoms. The Hall–Kier alpha value is -6.60. The summed E-state index contributed by atoms with van der Waals surface area (Å²) in [7, 11) is 4.69. The van der Waals surface area contributed by atoms with Crippen LogP contribution in [0.2, 0.25) is 0 Å². The number of methoxy groups -OCH3 is 3. The smallest absolute Gasteiger partial charge is 0.337 e. The highest BCUT2D eigenvalue weighted by Crippen LogP contribution is 2.55. The van der Waals surface area contributed by atoms with Gasteiger partial charge in [0.2, 0.25) is 0 Å². The molecule has 0 amide bonds. The first kappa shape index (κ1) is 30.7. The van der Waals surface area contributed by atoms with Crippen LogP contribution < -0.4 is 19.3 Å². The van der Waals surface area contributed by atoms with E-state index in [2.05, 4.69) is 107 Å². The van der Waals surface area contributed by atoms with Gasteiger partial charge in [0, 0.05) is 22.7 Å². The molecule has 1 aliphatic heterocycles. The largest absolute Gasteiger partial charge is 0.497 e. The van der Waals surface area contributed by atoms with Crippen molar-refractivity contribution in [3.05, 3.63) is 151 Å². The number of esters is 1. The van der Waals surface area contributed by atoms with Crippen LogP contribution in [0.1, 0.15) is 10.4 Å². The molecule has 6 aromatic carbocycles. The third-order valence-corrected chi connectivity index (χ3v) is 9.06. The molecule has 2 heterocycles. The van der Waals surface area contributed by atoms with E-state index < -0.39 is 0 Å². The molecule has 0 aliphatic carbocycles. The molecule has 7 aromatic rings. The number of ether oxygens (including phenoxy) is 3. The molecule has 0 bridgehead atoms. The number of carbonyl (C=O) groups is 1. The lowest BCUT2D eigenvalue weighted by atomic mass is 9.96. The van der Waals surface area contributed by atoms with Crippen LogP contribution in [-0.4, -0.2) is 32.3 Å². The van der Waals surface area contributed by atoms with Crippen LogP contribution in [0, 0.1) is 0 Å². The van der Waals surface area contributed by atoms with Gasteiger partial charge in [-0.1, -0.05) is 66.7 Å². The Balaban J connectivity index is 1.40. The molecule has 1 aliphatic rings. The van der Waals surface area contributed by atoms with E-state index in [0.717, 1.165) is 67.4 Å². The lowest BCUT2D eigenvalue weighted by Gasteiger charge is -2.40. The van der Waals surface area contributed by atoms with Gasteiger partial charge in [0.25, 0.3) is 0 Å². The summed E-state index contributed by atoms with van der Waals surface area (Å²) in [5.41, 5.74) is 11.0. The number of hydrogen-bond acceptors (Lipinski definition) is 7. The van der Waals surface area contributed by atoms with Crippen LogP contribution in [0.5, 0.6) is 11.5 Å². The highest BCUT2D eigenvalue weighted by Gasteiger charge is 2.31. The number of fused-ring (bicyclic) bond motifs is 3. The molecule has 0 saturated carbocycles. The minimum Gasteiger partial charge on any atom is -0.497 e. The maximum Gasteiger partial charge on any atom is 0.337 e. The van der Waals surface area contributed by atoms with E-state index in [4.69, 9.17) is 19.2 Å². The molecule has 8 rings (SSSR count). The van der Waals surface area contributed by atoms with Gasteiger partial charge >= 0.3 is 5.97 Å². The molecule has 244 valence electrons. The zero-order valence-electron chi connectivity index (χ0n) is 27.8. The van der Waals surface area contributed by atoms with Crippen LogP contribution in [0.4, 0.5) is 34.1 Å². The first-order valence-corrected chi connectivity index (χ1v) is 16.3. The highest BCUT2D eigenvalue weighted by atomic mass is 16.5. The monoisotopic (exact) mass is 655 g/mol. The molecule has 7 heteroatoms. The van der Waals surface area contributed by atoms with E-state index in [0.29, 0.717) is 17.1 Å². The van der Waals surface area contributed by atoms with Gasteiger partial charge in [-0.05, 0) is 83.9 Å². The lowest BCUT2D eigenvalue weighted by Crippen LogP contribution is -2.24. The Morgan fingerprint density at radius 1 is 0.540 bits per heavy atom. The number of hydrogen-bond donors (Lipinski definition) is 0. The first-order chi connectivity index (χ1) is 24.6. The highest BCUT2D eigenvalue weighted by molar-refractivity contribution is 6.09. The summed E-state index contributed by atoms with van der Waals surface area (Å²) in [6.07, 6.45) is 0. The second-order valence-corrected chi connectivity index (χ2v) is 11.9. The van der Waals surface area contributed by atoms with E-state index in [1.807, 2.05) is 36.4 Å². The van der Waals surface area contributed by atoms with Gasteiger partial charge in [0.05, 0.1) is 66.5 Å². The predicted molar refractivity (Wildman–Crippen MR) is 200 cm³/mol. The number of aromatic nitrogens is 1. The van der Waals surface area contributed by atoms with Gasteiger partial charge in [-0.2, -0.15) is 0 Å². The van der Waals surface area contributed by atoms with Gasteiger partial charge in [0.15, 0.2) is 0 Å². The van der Waals surface area contributed by atoms with Crippen LogP contribution in [-0.2, 0) is 4.74 Å². The van der Waals surface area contributed by atoms with Crippen LogP contribution in [0.25, 0.3) is 33.3 Å². The number of benzene rings is 6. The molecule has 0 spiro atoms.